The molecular weight excluding hydrogens is 164 g/mol. The van der Waals surface area contributed by atoms with Gasteiger partial charge in [0.25, 0.3) is 5.91 Å². The Balaban J connectivity index is 2.67. The summed E-state index contributed by atoms with van der Waals surface area (Å²) < 4.78 is 4.29. The summed E-state index contributed by atoms with van der Waals surface area (Å²) in [5.41, 5.74) is 0. The lowest BCUT2D eigenvalue weighted by Gasteiger charge is -2.22. The molecule has 1 aliphatic rings. The minimum absolute atomic E-state index is 0.145. The number of carbonyl (C=O) groups excluding carboxylic acids is 3. The van der Waals surface area contributed by atoms with Gasteiger partial charge in [0, 0.05) is 0 Å². The fourth-order valence-electron chi connectivity index (χ4n) is 0.834. The Morgan fingerprint density at radius 1 is 1.58 bits per heavy atom. The second-order valence-electron chi connectivity index (χ2n) is 2.23. The number of imide groups is 1. The van der Waals surface area contributed by atoms with Crippen molar-refractivity contribution in [1.29, 1.82) is 0 Å². The van der Waals surface area contributed by atoms with Crippen molar-refractivity contribution in [3.05, 3.63) is 0 Å². The molecule has 0 saturated carbocycles. The third-order valence-corrected chi connectivity index (χ3v) is 1.43. The number of amides is 3. The van der Waals surface area contributed by atoms with Crippen molar-refractivity contribution in [2.24, 2.45) is 0 Å². The van der Waals surface area contributed by atoms with Crippen LogP contribution in [0.3, 0.4) is 0 Å². The van der Waals surface area contributed by atoms with E-state index in [-0.39, 0.29) is 19.0 Å². The fraction of sp³-hybridized carbons (Fsp3) is 0.500. The van der Waals surface area contributed by atoms with Crippen LogP contribution in [0.4, 0.5) is 4.79 Å². The summed E-state index contributed by atoms with van der Waals surface area (Å²) in [6, 6.07) is 0. The Labute approximate surface area is 68.5 Å². The van der Waals surface area contributed by atoms with Gasteiger partial charge in [-0.05, 0) is 0 Å². The van der Waals surface area contributed by atoms with Crippen molar-refractivity contribution < 1.29 is 19.1 Å². The highest BCUT2D eigenvalue weighted by Gasteiger charge is 2.28. The molecule has 1 fully saturated rings. The topological polar surface area (TPSA) is 75.7 Å². The summed E-state index contributed by atoms with van der Waals surface area (Å²) in [5.74, 6) is -0.818. The zero-order valence-electron chi connectivity index (χ0n) is 6.49. The fourth-order valence-corrected chi connectivity index (χ4v) is 0.834. The summed E-state index contributed by atoms with van der Waals surface area (Å²) in [4.78, 5) is 33.3. The third-order valence-electron chi connectivity index (χ3n) is 1.43. The number of hydrogen-bond acceptors (Lipinski definition) is 4. The first kappa shape index (κ1) is 8.51. The Bertz CT molecular complexity index is 230. The summed E-state index contributed by atoms with van der Waals surface area (Å²) >= 11 is 0. The zero-order valence-corrected chi connectivity index (χ0v) is 6.49. The van der Waals surface area contributed by atoms with Gasteiger partial charge in [-0.2, -0.15) is 0 Å². The highest BCUT2D eigenvalue weighted by molar-refractivity contribution is 6.01. The predicted molar refractivity (Wildman–Crippen MR) is 37.1 cm³/mol. The van der Waals surface area contributed by atoms with Crippen LogP contribution in [0, 0.1) is 0 Å². The van der Waals surface area contributed by atoms with Crippen molar-refractivity contribution in [3.63, 3.8) is 0 Å². The van der Waals surface area contributed by atoms with E-state index >= 15 is 0 Å². The van der Waals surface area contributed by atoms with Crippen LogP contribution >= 0.6 is 0 Å². The van der Waals surface area contributed by atoms with Crippen molar-refractivity contribution in [2.75, 3.05) is 20.2 Å². The molecule has 3 amide bonds. The van der Waals surface area contributed by atoms with Crippen LogP contribution in [-0.2, 0) is 14.3 Å². The smallest absolute Gasteiger partial charge is 0.416 e. The van der Waals surface area contributed by atoms with Gasteiger partial charge in [-0.25, -0.2) is 9.69 Å². The Morgan fingerprint density at radius 3 is 2.83 bits per heavy atom. The third kappa shape index (κ3) is 1.52. The Kier molecular flexibility index (Phi) is 2.27. The predicted octanol–water partition coefficient (Wildman–Crippen LogP) is -1.29. The number of methoxy groups -OCH3 is 1. The lowest BCUT2D eigenvalue weighted by atomic mass is 10.4. The number of ether oxygens (including phenoxy) is 1. The molecule has 0 aliphatic carbocycles. The average molecular weight is 172 g/mol. The van der Waals surface area contributed by atoms with Gasteiger partial charge in [0.15, 0.2) is 0 Å². The molecule has 0 aromatic rings. The van der Waals surface area contributed by atoms with Gasteiger partial charge in [0.2, 0.25) is 5.91 Å². The van der Waals surface area contributed by atoms with E-state index in [1.807, 2.05) is 0 Å². The number of piperazine rings is 1. The normalized spacial score (nSPS) is 17.2. The lowest BCUT2D eigenvalue weighted by molar-refractivity contribution is -0.138. The van der Waals surface area contributed by atoms with Crippen molar-refractivity contribution in [3.8, 4) is 0 Å². The highest BCUT2D eigenvalue weighted by Crippen LogP contribution is 1.97. The van der Waals surface area contributed by atoms with E-state index in [1.54, 1.807) is 0 Å². The molecule has 0 radical (unpaired) electrons. The first-order valence-corrected chi connectivity index (χ1v) is 3.30. The van der Waals surface area contributed by atoms with Gasteiger partial charge >= 0.3 is 6.09 Å². The number of rotatable bonds is 0. The molecule has 6 nitrogen and oxygen atoms in total. The molecule has 0 aromatic carbocycles. The lowest BCUT2D eigenvalue weighted by Crippen LogP contribution is -2.53. The molecule has 12 heavy (non-hydrogen) atoms. The van der Waals surface area contributed by atoms with E-state index < -0.39 is 12.0 Å². The molecule has 1 rings (SSSR count). The summed E-state index contributed by atoms with van der Waals surface area (Å²) in [6.45, 7) is -0.403. The summed E-state index contributed by atoms with van der Waals surface area (Å²) in [5, 5.41) is 2.30. The highest BCUT2D eigenvalue weighted by atomic mass is 16.5. The van der Waals surface area contributed by atoms with Crippen LogP contribution in [-0.4, -0.2) is 43.0 Å². The van der Waals surface area contributed by atoms with Crippen LogP contribution in [0.15, 0.2) is 0 Å². The number of nitrogens with zero attached hydrogens (tertiary/aromatic N) is 1. The monoisotopic (exact) mass is 172 g/mol. The Hall–Kier alpha value is -1.59. The number of hydrogen-bond donors (Lipinski definition) is 1. The molecule has 66 valence electrons. The molecule has 6 heteroatoms. The standard InChI is InChI=1S/C6H8N2O4/c1-12-6(11)8-3-4(9)7-2-5(8)10/h2-3H2,1H3,(H,7,9). The molecule has 1 saturated heterocycles. The van der Waals surface area contributed by atoms with Crippen LogP contribution in [0.1, 0.15) is 0 Å². The van der Waals surface area contributed by atoms with E-state index in [0.29, 0.717) is 0 Å². The van der Waals surface area contributed by atoms with E-state index in [2.05, 4.69) is 10.1 Å². The van der Waals surface area contributed by atoms with Gasteiger partial charge < -0.3 is 10.1 Å². The minimum Gasteiger partial charge on any atom is -0.452 e. The number of nitrogens with one attached hydrogen (secondary N) is 1. The van der Waals surface area contributed by atoms with Crippen molar-refractivity contribution >= 4 is 17.9 Å². The summed E-state index contributed by atoms with van der Waals surface area (Å²) in [7, 11) is 1.15. The second kappa shape index (κ2) is 3.21. The van der Waals surface area contributed by atoms with E-state index in [1.165, 1.54) is 0 Å². The largest absolute Gasteiger partial charge is 0.452 e. The van der Waals surface area contributed by atoms with E-state index in [0.717, 1.165) is 12.0 Å². The zero-order chi connectivity index (χ0) is 9.14. The van der Waals surface area contributed by atoms with Gasteiger partial charge in [-0.3, -0.25) is 9.59 Å². The molecule has 0 spiro atoms. The molecule has 1 aliphatic heterocycles. The SMILES string of the molecule is COC(=O)N1CC(=O)NCC1=O. The van der Waals surface area contributed by atoms with Gasteiger partial charge in [0.05, 0.1) is 13.7 Å². The van der Waals surface area contributed by atoms with E-state index in [9.17, 15) is 14.4 Å². The first-order valence-electron chi connectivity index (χ1n) is 3.30. The molecular formula is C6H8N2O4. The minimum atomic E-state index is -0.796. The average Bonchev–Trinajstić information content (AvgIpc) is 2.08. The molecule has 1 heterocycles. The second-order valence-corrected chi connectivity index (χ2v) is 2.23. The Morgan fingerprint density at radius 2 is 2.25 bits per heavy atom. The van der Waals surface area contributed by atoms with E-state index in [4.69, 9.17) is 0 Å². The van der Waals surface area contributed by atoms with Crippen molar-refractivity contribution in [2.45, 2.75) is 0 Å². The van der Waals surface area contributed by atoms with Gasteiger partial charge in [-0.15, -0.1) is 0 Å². The molecule has 0 atom stereocenters. The molecule has 1 N–H and O–H groups in total. The van der Waals surface area contributed by atoms with Crippen LogP contribution in [0.25, 0.3) is 0 Å². The van der Waals surface area contributed by atoms with Gasteiger partial charge in [-0.1, -0.05) is 0 Å². The first-order chi connectivity index (χ1) is 5.65. The van der Waals surface area contributed by atoms with Gasteiger partial charge in [0.1, 0.15) is 6.54 Å². The van der Waals surface area contributed by atoms with Crippen LogP contribution < -0.4 is 5.32 Å². The number of carbonyl (C=O) groups is 3. The molecule has 0 unspecified atom stereocenters. The maximum atomic E-state index is 11.0. The van der Waals surface area contributed by atoms with Crippen LogP contribution in [0.5, 0.6) is 0 Å². The van der Waals surface area contributed by atoms with Crippen molar-refractivity contribution in [1.82, 2.24) is 10.2 Å². The summed E-state index contributed by atoms with van der Waals surface area (Å²) in [6.07, 6.45) is -0.796. The maximum absolute atomic E-state index is 11.0. The molecule has 0 bridgehead atoms. The van der Waals surface area contributed by atoms with Crippen LogP contribution in [0.2, 0.25) is 0 Å². The quantitative estimate of drug-likeness (QED) is 0.493. The molecule has 0 aromatic heterocycles. The maximum Gasteiger partial charge on any atom is 0.416 e.